The lowest BCUT2D eigenvalue weighted by atomic mass is 10.0. The van der Waals surface area contributed by atoms with Crippen molar-refractivity contribution in [3.63, 3.8) is 0 Å². The van der Waals surface area contributed by atoms with Crippen molar-refractivity contribution in [2.45, 2.75) is 26.3 Å². The Hall–Kier alpha value is -3.40. The Balaban J connectivity index is 1.75. The largest absolute Gasteiger partial charge is 0.345 e. The molecule has 0 bridgehead atoms. The number of benzene rings is 3. The summed E-state index contributed by atoms with van der Waals surface area (Å²) in [6.07, 6.45) is 0.148. The Morgan fingerprint density at radius 2 is 1.39 bits per heavy atom. The van der Waals surface area contributed by atoms with Gasteiger partial charge in [0.05, 0.1) is 12.5 Å². The van der Waals surface area contributed by atoms with Crippen molar-refractivity contribution in [2.24, 2.45) is 0 Å². The van der Waals surface area contributed by atoms with Gasteiger partial charge in [0.25, 0.3) is 5.91 Å². The average Bonchev–Trinajstić information content (AvgIpc) is 2.68. The van der Waals surface area contributed by atoms with Crippen LogP contribution in [0, 0.1) is 13.8 Å². The van der Waals surface area contributed by atoms with Crippen LogP contribution in [0.4, 0.5) is 5.69 Å². The summed E-state index contributed by atoms with van der Waals surface area (Å²) in [4.78, 5) is 25.3. The molecule has 2 N–H and O–H groups in total. The van der Waals surface area contributed by atoms with Gasteiger partial charge in [0, 0.05) is 11.3 Å². The summed E-state index contributed by atoms with van der Waals surface area (Å²) in [6, 6.07) is 24.1. The molecule has 0 radical (unpaired) electrons. The fourth-order valence-electron chi connectivity index (χ4n) is 3.21. The minimum atomic E-state index is -0.417. The second kappa shape index (κ2) is 9.00. The first kappa shape index (κ1) is 19.4. The van der Waals surface area contributed by atoms with Crippen LogP contribution in [0.3, 0.4) is 0 Å². The van der Waals surface area contributed by atoms with Crippen molar-refractivity contribution < 1.29 is 9.59 Å². The van der Waals surface area contributed by atoms with Gasteiger partial charge in [-0.2, -0.15) is 0 Å². The lowest BCUT2D eigenvalue weighted by Gasteiger charge is -2.19. The van der Waals surface area contributed by atoms with E-state index in [-0.39, 0.29) is 18.2 Å². The molecule has 0 heterocycles. The molecule has 4 nitrogen and oxygen atoms in total. The highest BCUT2D eigenvalue weighted by Gasteiger charge is 2.19. The van der Waals surface area contributed by atoms with Crippen molar-refractivity contribution in [3.05, 3.63) is 101 Å². The third kappa shape index (κ3) is 5.30. The highest BCUT2D eigenvalue weighted by molar-refractivity contribution is 5.95. The number of rotatable bonds is 6. The normalized spacial score (nSPS) is 11.5. The maximum Gasteiger partial charge on any atom is 0.251 e. The van der Waals surface area contributed by atoms with Crippen LogP contribution in [0.25, 0.3) is 0 Å². The molecule has 0 fully saturated rings. The van der Waals surface area contributed by atoms with Crippen LogP contribution in [-0.2, 0) is 4.79 Å². The van der Waals surface area contributed by atoms with E-state index >= 15 is 0 Å². The molecular formula is C24H24N2O2. The number of anilines is 1. The van der Waals surface area contributed by atoms with Gasteiger partial charge in [0.2, 0.25) is 5.91 Å². The van der Waals surface area contributed by atoms with Gasteiger partial charge in [-0.05, 0) is 54.8 Å². The quantitative estimate of drug-likeness (QED) is 0.653. The number of carbonyl (C=O) groups excluding carboxylic acids is 2. The molecule has 2 amide bonds. The minimum Gasteiger partial charge on any atom is -0.345 e. The topological polar surface area (TPSA) is 58.2 Å². The zero-order valence-corrected chi connectivity index (χ0v) is 16.1. The molecule has 4 heteroatoms. The van der Waals surface area contributed by atoms with Gasteiger partial charge in [-0.25, -0.2) is 0 Å². The average molecular weight is 372 g/mol. The molecule has 0 aromatic heterocycles. The molecule has 0 aliphatic rings. The van der Waals surface area contributed by atoms with Crippen LogP contribution >= 0.6 is 0 Å². The van der Waals surface area contributed by atoms with Gasteiger partial charge in [0.1, 0.15) is 0 Å². The molecule has 142 valence electrons. The van der Waals surface area contributed by atoms with E-state index in [1.165, 1.54) is 0 Å². The van der Waals surface area contributed by atoms with Gasteiger partial charge >= 0.3 is 0 Å². The lowest BCUT2D eigenvalue weighted by Crippen LogP contribution is -2.31. The van der Waals surface area contributed by atoms with Crippen LogP contribution in [0.1, 0.15) is 39.5 Å². The van der Waals surface area contributed by atoms with E-state index in [4.69, 9.17) is 0 Å². The lowest BCUT2D eigenvalue weighted by molar-refractivity contribution is -0.116. The highest BCUT2D eigenvalue weighted by Crippen LogP contribution is 2.20. The molecule has 0 aliphatic carbocycles. The molecule has 28 heavy (non-hydrogen) atoms. The summed E-state index contributed by atoms with van der Waals surface area (Å²) in [5.41, 5.74) is 4.41. The van der Waals surface area contributed by atoms with Gasteiger partial charge in [0.15, 0.2) is 0 Å². The molecule has 0 aliphatic heterocycles. The van der Waals surface area contributed by atoms with Crippen molar-refractivity contribution >= 4 is 17.5 Å². The van der Waals surface area contributed by atoms with Crippen LogP contribution in [0.2, 0.25) is 0 Å². The van der Waals surface area contributed by atoms with E-state index < -0.39 is 6.04 Å². The Labute approximate surface area is 165 Å². The van der Waals surface area contributed by atoms with Gasteiger partial charge in [-0.3, -0.25) is 9.59 Å². The number of carbonyl (C=O) groups is 2. The van der Waals surface area contributed by atoms with E-state index in [1.54, 1.807) is 12.1 Å². The molecule has 0 saturated heterocycles. The summed E-state index contributed by atoms with van der Waals surface area (Å²) in [5.74, 6) is -0.346. The number of hydrogen-bond donors (Lipinski definition) is 2. The summed E-state index contributed by atoms with van der Waals surface area (Å²) in [6.45, 7) is 3.99. The van der Waals surface area contributed by atoms with E-state index in [9.17, 15) is 9.59 Å². The van der Waals surface area contributed by atoms with Crippen LogP contribution < -0.4 is 10.6 Å². The first-order valence-electron chi connectivity index (χ1n) is 9.30. The molecule has 1 unspecified atom stereocenters. The maximum atomic E-state index is 12.7. The van der Waals surface area contributed by atoms with E-state index in [0.717, 1.165) is 22.4 Å². The standard InChI is InChI=1S/C24H24N2O2/c1-17-13-18(2)15-21(14-17)25-23(27)16-22(19-9-5-3-6-10-19)26-24(28)20-11-7-4-8-12-20/h3-15,22H,16H2,1-2H3,(H,25,27)(H,26,28). The van der Waals surface area contributed by atoms with Crippen molar-refractivity contribution in [3.8, 4) is 0 Å². The highest BCUT2D eigenvalue weighted by atomic mass is 16.2. The Kier molecular flexibility index (Phi) is 6.22. The summed E-state index contributed by atoms with van der Waals surface area (Å²) in [7, 11) is 0. The Morgan fingerprint density at radius 1 is 0.821 bits per heavy atom. The number of nitrogens with one attached hydrogen (secondary N) is 2. The van der Waals surface area contributed by atoms with Crippen molar-refractivity contribution in [2.75, 3.05) is 5.32 Å². The second-order valence-corrected chi connectivity index (χ2v) is 6.93. The molecule has 1 atom stereocenters. The summed E-state index contributed by atoms with van der Waals surface area (Å²) in [5, 5.41) is 5.94. The predicted molar refractivity (Wildman–Crippen MR) is 112 cm³/mol. The monoisotopic (exact) mass is 372 g/mol. The Morgan fingerprint density at radius 3 is 2.00 bits per heavy atom. The fourth-order valence-corrected chi connectivity index (χ4v) is 3.21. The number of amides is 2. The Bertz CT molecular complexity index is 933. The number of aryl methyl sites for hydroxylation is 2. The molecule has 0 spiro atoms. The van der Waals surface area contributed by atoms with E-state index in [1.807, 2.05) is 74.5 Å². The third-order valence-corrected chi connectivity index (χ3v) is 4.44. The van der Waals surface area contributed by atoms with Crippen LogP contribution in [0.15, 0.2) is 78.9 Å². The first-order chi connectivity index (χ1) is 13.5. The first-order valence-corrected chi connectivity index (χ1v) is 9.30. The SMILES string of the molecule is Cc1cc(C)cc(NC(=O)CC(NC(=O)c2ccccc2)c2ccccc2)c1. The van der Waals surface area contributed by atoms with Crippen molar-refractivity contribution in [1.29, 1.82) is 0 Å². The molecule has 3 aromatic carbocycles. The summed E-state index contributed by atoms with van der Waals surface area (Å²) < 4.78 is 0. The second-order valence-electron chi connectivity index (χ2n) is 6.93. The molecule has 3 rings (SSSR count). The van der Waals surface area contributed by atoms with E-state index in [2.05, 4.69) is 16.7 Å². The van der Waals surface area contributed by atoms with Gasteiger partial charge in [-0.1, -0.05) is 54.6 Å². The molecular weight excluding hydrogens is 348 g/mol. The fraction of sp³-hybridized carbons (Fsp3) is 0.167. The van der Waals surface area contributed by atoms with E-state index in [0.29, 0.717) is 5.56 Å². The smallest absolute Gasteiger partial charge is 0.251 e. The minimum absolute atomic E-state index is 0.146. The third-order valence-electron chi connectivity index (χ3n) is 4.44. The predicted octanol–water partition coefficient (Wildman–Crippen LogP) is 4.80. The van der Waals surface area contributed by atoms with Gasteiger partial charge < -0.3 is 10.6 Å². The van der Waals surface area contributed by atoms with Gasteiger partial charge in [-0.15, -0.1) is 0 Å². The number of hydrogen-bond acceptors (Lipinski definition) is 2. The zero-order valence-electron chi connectivity index (χ0n) is 16.1. The maximum absolute atomic E-state index is 12.7. The summed E-state index contributed by atoms with van der Waals surface area (Å²) >= 11 is 0. The molecule has 3 aromatic rings. The molecule has 0 saturated carbocycles. The van der Waals surface area contributed by atoms with Crippen LogP contribution in [0.5, 0.6) is 0 Å². The van der Waals surface area contributed by atoms with Crippen LogP contribution in [-0.4, -0.2) is 11.8 Å². The zero-order chi connectivity index (χ0) is 19.9. The van der Waals surface area contributed by atoms with Crippen molar-refractivity contribution in [1.82, 2.24) is 5.32 Å².